The summed E-state index contributed by atoms with van der Waals surface area (Å²) in [6, 6.07) is 0. The van der Waals surface area contributed by atoms with E-state index in [4.69, 9.17) is 10.5 Å². The highest BCUT2D eigenvalue weighted by molar-refractivity contribution is 8.13. The van der Waals surface area contributed by atoms with E-state index in [2.05, 4.69) is 50.4 Å². The van der Waals surface area contributed by atoms with Gasteiger partial charge in [-0.25, -0.2) is 19.3 Å². The number of carbonyl (C=O) groups excluding carboxylic acids is 3. The second kappa shape index (κ2) is 23.3. The third kappa shape index (κ3) is 17.0. The van der Waals surface area contributed by atoms with E-state index in [-0.39, 0.29) is 48.0 Å². The first-order valence-corrected chi connectivity index (χ1v) is 24.0. The number of carbonyl (C=O) groups is 3. The Morgan fingerprint density at radius 2 is 1.70 bits per heavy atom. The Bertz CT molecular complexity index is 1890. The Labute approximate surface area is 348 Å². The summed E-state index contributed by atoms with van der Waals surface area (Å²) in [5.74, 6) is -1.29. The number of phosphoric acid groups is 3. The van der Waals surface area contributed by atoms with Gasteiger partial charge in [-0.05, 0) is 12.8 Å². The van der Waals surface area contributed by atoms with E-state index in [1.165, 1.54) is 13.8 Å². The number of anilines is 1. The molecular weight excluding hydrogens is 883 g/mol. The molecule has 60 heavy (non-hydrogen) atoms. The highest BCUT2D eigenvalue weighted by Crippen LogP contribution is 2.56. The van der Waals surface area contributed by atoms with Gasteiger partial charge in [-0.3, -0.25) is 28.1 Å². The summed E-state index contributed by atoms with van der Waals surface area (Å²) in [4.78, 5) is 96.3. The summed E-state index contributed by atoms with van der Waals surface area (Å²) >= 11 is 1.02. The molecule has 3 rings (SSSR count). The molecule has 0 aromatic carbocycles. The van der Waals surface area contributed by atoms with Gasteiger partial charge in [0, 0.05) is 37.1 Å². The molecule has 25 nitrogen and oxygen atoms in total. The molecule has 342 valence electrons. The van der Waals surface area contributed by atoms with Gasteiger partial charge in [0.1, 0.15) is 36.3 Å². The molecule has 3 unspecified atom stereocenters. The van der Waals surface area contributed by atoms with Crippen molar-refractivity contribution in [1.82, 2.24) is 30.2 Å². The average molecular weight is 934 g/mol. The van der Waals surface area contributed by atoms with Crippen LogP contribution in [0.25, 0.3) is 11.2 Å². The number of nitrogens with two attached hydrogens (primary N) is 1. The summed E-state index contributed by atoms with van der Waals surface area (Å²) in [5.41, 5.74) is 4.05. The van der Waals surface area contributed by atoms with Gasteiger partial charge in [-0.1, -0.05) is 58.2 Å². The van der Waals surface area contributed by atoms with Gasteiger partial charge in [0.2, 0.25) is 11.8 Å². The molecule has 29 heteroatoms. The number of hydrogen-bond acceptors (Lipinski definition) is 23. The number of phosphoric ester groups is 3. The quantitative estimate of drug-likeness (QED) is 0.0427. The van der Waals surface area contributed by atoms with E-state index in [0.717, 1.165) is 54.7 Å². The zero-order valence-electron chi connectivity index (χ0n) is 32.9. The SMILES string of the molecule is CCCCCCC(O)CCC(=O)SCCNC(=O)CCNC(=O)[C@H](O)C(C)(C)COP(=O)([O-])OP(=O)([O-])OC[C@H]1O[C@@H](n2cnc3c(N)ncnc32)[C@H](O)[C@@H]1OP(=O)([O-])[O-]. The van der Waals surface area contributed by atoms with E-state index in [1.54, 1.807) is 0 Å². The van der Waals surface area contributed by atoms with Gasteiger partial charge < -0.3 is 74.1 Å². The van der Waals surface area contributed by atoms with Crippen LogP contribution in [0.5, 0.6) is 0 Å². The number of imidazole rings is 1. The second-order valence-electron chi connectivity index (χ2n) is 14.2. The number of nitrogen functional groups attached to an aromatic ring is 1. The number of aliphatic hydroxyl groups is 3. The lowest BCUT2D eigenvalue weighted by Crippen LogP contribution is -2.46. The van der Waals surface area contributed by atoms with Crippen molar-refractivity contribution in [2.24, 2.45) is 5.41 Å². The van der Waals surface area contributed by atoms with Crippen LogP contribution in [0.4, 0.5) is 5.82 Å². The first-order valence-electron chi connectivity index (χ1n) is 18.6. The molecule has 1 saturated heterocycles. The number of hydrogen-bond donors (Lipinski definition) is 6. The monoisotopic (exact) mass is 933 g/mol. The molecule has 1 fully saturated rings. The van der Waals surface area contributed by atoms with E-state index in [9.17, 15) is 63.0 Å². The number of amides is 2. The van der Waals surface area contributed by atoms with Crippen LogP contribution in [-0.2, 0) is 50.7 Å². The minimum atomic E-state index is -5.92. The number of unbranched alkanes of at least 4 members (excludes halogenated alkanes) is 3. The van der Waals surface area contributed by atoms with Crippen LogP contribution in [0.2, 0.25) is 0 Å². The lowest BCUT2D eigenvalue weighted by atomic mass is 9.87. The Morgan fingerprint density at radius 1 is 1.00 bits per heavy atom. The van der Waals surface area contributed by atoms with Crippen LogP contribution in [0, 0.1) is 5.41 Å². The average Bonchev–Trinajstić information content (AvgIpc) is 3.72. The number of ether oxygens (including phenoxy) is 1. The lowest BCUT2D eigenvalue weighted by Gasteiger charge is -2.36. The smallest absolute Gasteiger partial charge is 0.274 e. The molecule has 0 saturated carbocycles. The fourth-order valence-electron chi connectivity index (χ4n) is 5.58. The standard InChI is InChI=1S/C31H54N7O18P3S/c1-4-5-6-7-8-19(39)9-10-22(41)60-14-13-33-21(40)11-12-34-29(44)26(43)31(2,3)16-53-59(50,51)56-58(48,49)52-15-20-25(55-57(45,46)47)24(42)30(54-20)38-18-37-23-27(32)35-17-36-28(23)38/h17-20,24-26,30,39,42-43H,4-16H2,1-3H3,(H,33,40)(H,34,44)(H,48,49)(H,50,51)(H2,32,35,36)(H2,45,46,47)/p-4/t19?,20-,24-,25-,26+,30-/m1/s1. The number of rotatable bonds is 27. The molecule has 7 N–H and O–H groups in total. The fraction of sp³-hybridized carbons (Fsp3) is 0.742. The van der Waals surface area contributed by atoms with Crippen LogP contribution in [0.15, 0.2) is 12.7 Å². The van der Waals surface area contributed by atoms with Gasteiger partial charge in [0.15, 0.2) is 22.8 Å². The van der Waals surface area contributed by atoms with Gasteiger partial charge in [0.25, 0.3) is 15.6 Å². The van der Waals surface area contributed by atoms with E-state index >= 15 is 0 Å². The maximum absolute atomic E-state index is 12.6. The second-order valence-corrected chi connectivity index (χ2v) is 19.5. The number of nitrogens with zero attached hydrogens (tertiary/aromatic N) is 4. The minimum absolute atomic E-state index is 0.0243. The molecular formula is C31H50N7O18P3S-4. The topological polar surface area (TPSA) is 395 Å². The van der Waals surface area contributed by atoms with Crippen molar-refractivity contribution >= 4 is 69.1 Å². The molecule has 2 aromatic heterocycles. The van der Waals surface area contributed by atoms with Gasteiger partial charge in [0.05, 0.1) is 33.5 Å². The maximum atomic E-state index is 12.6. The molecule has 1 aliphatic rings. The number of aromatic nitrogens is 4. The fourth-order valence-corrected chi connectivity index (χ4v) is 9.01. The van der Waals surface area contributed by atoms with Crippen LogP contribution in [-0.4, -0.2) is 114 Å². The zero-order chi connectivity index (χ0) is 44.9. The molecule has 0 spiro atoms. The summed E-state index contributed by atoms with van der Waals surface area (Å²) in [6.07, 6.45) is -2.82. The first-order chi connectivity index (χ1) is 27.9. The Balaban J connectivity index is 1.42. The van der Waals surface area contributed by atoms with Crippen molar-refractivity contribution in [3.63, 3.8) is 0 Å². The van der Waals surface area contributed by atoms with Crippen molar-refractivity contribution in [3.8, 4) is 0 Å². The number of fused-ring (bicyclic) bond motifs is 1. The Kier molecular flexibility index (Phi) is 20.1. The molecule has 0 radical (unpaired) electrons. The van der Waals surface area contributed by atoms with Crippen LogP contribution >= 0.6 is 35.2 Å². The van der Waals surface area contributed by atoms with E-state index in [1.807, 2.05) is 0 Å². The molecule has 0 bridgehead atoms. The highest BCUT2D eigenvalue weighted by atomic mass is 32.2. The summed E-state index contributed by atoms with van der Waals surface area (Å²) in [7, 11) is -17.6. The van der Waals surface area contributed by atoms with E-state index in [0.29, 0.717) is 18.6 Å². The van der Waals surface area contributed by atoms with Crippen molar-refractivity contribution in [2.45, 2.75) is 109 Å². The third-order valence-electron chi connectivity index (χ3n) is 8.81. The van der Waals surface area contributed by atoms with Gasteiger partial charge in [-0.15, -0.1) is 0 Å². The Hall–Kier alpha value is -2.48. The third-order valence-corrected chi connectivity index (χ3v) is 12.8. The molecule has 0 aliphatic carbocycles. The van der Waals surface area contributed by atoms with Crippen molar-refractivity contribution in [3.05, 3.63) is 12.7 Å². The largest absolute Gasteiger partial charge is 0.790 e. The molecule has 2 amide bonds. The highest BCUT2D eigenvalue weighted by Gasteiger charge is 2.47. The number of aliphatic hydroxyl groups excluding tert-OH is 3. The van der Waals surface area contributed by atoms with Gasteiger partial charge >= 0.3 is 0 Å². The predicted octanol–water partition coefficient (Wildman–Crippen LogP) is -1.75. The molecule has 3 heterocycles. The molecule has 1 aliphatic heterocycles. The summed E-state index contributed by atoms with van der Waals surface area (Å²) in [6.45, 7) is 2.12. The van der Waals surface area contributed by atoms with E-state index < -0.39 is 90.7 Å². The number of nitrogens with one attached hydrogen (secondary N) is 2. The zero-order valence-corrected chi connectivity index (χ0v) is 36.4. The summed E-state index contributed by atoms with van der Waals surface area (Å²) < 4.78 is 60.6. The normalized spacial score (nSPS) is 21.6. The Morgan fingerprint density at radius 3 is 2.38 bits per heavy atom. The minimum Gasteiger partial charge on any atom is -0.790 e. The first kappa shape index (κ1) is 51.9. The summed E-state index contributed by atoms with van der Waals surface area (Å²) in [5, 5.41) is 36.1. The van der Waals surface area contributed by atoms with Crippen LogP contribution in [0.1, 0.15) is 78.4 Å². The van der Waals surface area contributed by atoms with Crippen LogP contribution < -0.4 is 35.9 Å². The predicted molar refractivity (Wildman–Crippen MR) is 202 cm³/mol. The molecule has 2 aromatic rings. The van der Waals surface area contributed by atoms with Crippen LogP contribution in [0.3, 0.4) is 0 Å². The lowest BCUT2D eigenvalue weighted by molar-refractivity contribution is -0.347. The van der Waals surface area contributed by atoms with Crippen molar-refractivity contribution in [2.75, 3.05) is 37.8 Å². The number of thioether (sulfide) groups is 1. The van der Waals surface area contributed by atoms with Gasteiger partial charge in [-0.2, -0.15) is 0 Å². The van der Waals surface area contributed by atoms with Crippen molar-refractivity contribution < 1.29 is 85.6 Å². The maximum Gasteiger partial charge on any atom is 0.274 e. The molecule has 8 atom stereocenters. The van der Waals surface area contributed by atoms with Crippen molar-refractivity contribution in [1.29, 1.82) is 0 Å².